The second-order valence-corrected chi connectivity index (χ2v) is 5.98. The molecule has 2 aromatic rings. The average molecular weight is 329 g/mol. The van der Waals surface area contributed by atoms with Gasteiger partial charge in [-0.1, -0.05) is 26.3 Å². The molecule has 128 valence electrons. The Morgan fingerprint density at radius 3 is 2.58 bits per heavy atom. The topological polar surface area (TPSA) is 84.2 Å². The van der Waals surface area contributed by atoms with Gasteiger partial charge in [-0.25, -0.2) is 9.78 Å². The maximum atomic E-state index is 12.6. The summed E-state index contributed by atoms with van der Waals surface area (Å²) in [7, 11) is 0. The Hall–Kier alpha value is -2.63. The third kappa shape index (κ3) is 3.48. The summed E-state index contributed by atoms with van der Waals surface area (Å²) in [5.41, 5.74) is 2.07. The van der Waals surface area contributed by atoms with Crippen LogP contribution in [-0.4, -0.2) is 32.6 Å². The van der Waals surface area contributed by atoms with Gasteiger partial charge in [0.2, 0.25) is 0 Å². The van der Waals surface area contributed by atoms with Gasteiger partial charge in [0.25, 0.3) is 5.91 Å². The molecule has 6 nitrogen and oxygen atoms in total. The predicted molar refractivity (Wildman–Crippen MR) is 91.4 cm³/mol. The molecule has 1 amide bonds. The van der Waals surface area contributed by atoms with Crippen LogP contribution in [0.1, 0.15) is 42.0 Å². The van der Waals surface area contributed by atoms with Crippen molar-refractivity contribution in [2.45, 2.75) is 40.2 Å². The van der Waals surface area contributed by atoms with Gasteiger partial charge in [0, 0.05) is 17.6 Å². The maximum Gasteiger partial charge on any atom is 0.326 e. The van der Waals surface area contributed by atoms with Crippen LogP contribution in [0.2, 0.25) is 0 Å². The van der Waals surface area contributed by atoms with Gasteiger partial charge in [0.15, 0.2) is 0 Å². The molecule has 0 aliphatic heterocycles. The zero-order chi connectivity index (χ0) is 17.9. The summed E-state index contributed by atoms with van der Waals surface area (Å²) in [6.45, 7) is 7.44. The second kappa shape index (κ2) is 7.29. The highest BCUT2D eigenvalue weighted by Gasteiger charge is 2.27. The van der Waals surface area contributed by atoms with Gasteiger partial charge in [-0.15, -0.1) is 0 Å². The highest BCUT2D eigenvalue weighted by Crippen LogP contribution is 2.20. The summed E-state index contributed by atoms with van der Waals surface area (Å²) in [4.78, 5) is 28.3. The fraction of sp³-hybridized carbons (Fsp3) is 0.389. The molecule has 0 saturated carbocycles. The van der Waals surface area contributed by atoms with Crippen LogP contribution in [0.15, 0.2) is 30.5 Å². The zero-order valence-electron chi connectivity index (χ0n) is 14.4. The molecule has 0 aliphatic carbocycles. The van der Waals surface area contributed by atoms with E-state index in [9.17, 15) is 14.7 Å². The Morgan fingerprint density at radius 1 is 1.33 bits per heavy atom. The van der Waals surface area contributed by atoms with Crippen LogP contribution in [0.25, 0.3) is 5.82 Å². The van der Waals surface area contributed by atoms with Crippen LogP contribution in [0.5, 0.6) is 0 Å². The number of carboxylic acids is 1. The quantitative estimate of drug-likeness (QED) is 0.853. The van der Waals surface area contributed by atoms with E-state index in [1.165, 1.54) is 0 Å². The van der Waals surface area contributed by atoms with E-state index in [2.05, 4.69) is 10.3 Å². The van der Waals surface area contributed by atoms with Crippen LogP contribution in [0.3, 0.4) is 0 Å². The molecule has 0 saturated heterocycles. The van der Waals surface area contributed by atoms with Crippen molar-refractivity contribution in [3.05, 3.63) is 47.4 Å². The Labute approximate surface area is 141 Å². The van der Waals surface area contributed by atoms with E-state index in [1.807, 2.05) is 50.5 Å². The number of pyridine rings is 1. The number of aryl methyl sites for hydroxylation is 1. The van der Waals surface area contributed by atoms with Crippen LogP contribution in [0, 0.1) is 19.8 Å². The second-order valence-electron chi connectivity index (χ2n) is 5.98. The number of hydrogen-bond donors (Lipinski definition) is 2. The first-order chi connectivity index (χ1) is 11.4. The van der Waals surface area contributed by atoms with Crippen LogP contribution in [-0.2, 0) is 4.79 Å². The molecule has 2 heterocycles. The fourth-order valence-corrected chi connectivity index (χ4v) is 2.73. The summed E-state index contributed by atoms with van der Waals surface area (Å²) in [5.74, 6) is -0.816. The van der Waals surface area contributed by atoms with E-state index in [0.29, 0.717) is 12.0 Å². The van der Waals surface area contributed by atoms with Gasteiger partial charge in [0.05, 0.1) is 5.56 Å². The smallest absolute Gasteiger partial charge is 0.326 e. The minimum absolute atomic E-state index is 0.147. The number of rotatable bonds is 6. The lowest BCUT2D eigenvalue weighted by atomic mass is 9.99. The van der Waals surface area contributed by atoms with Crippen molar-refractivity contribution in [2.75, 3.05) is 0 Å². The Balaban J connectivity index is 2.33. The largest absolute Gasteiger partial charge is 0.480 e. The van der Waals surface area contributed by atoms with E-state index in [0.717, 1.165) is 17.2 Å². The normalized spacial score (nSPS) is 13.3. The SMILES string of the molecule is CC[C@H](C)[C@H](NC(=O)c1cc(C)n(-c2ccccn2)c1C)C(=O)O. The molecular formula is C18H23N3O3. The van der Waals surface area contributed by atoms with E-state index >= 15 is 0 Å². The number of carbonyl (C=O) groups is 2. The third-order valence-electron chi connectivity index (χ3n) is 4.32. The van der Waals surface area contributed by atoms with Crippen molar-refractivity contribution in [3.63, 3.8) is 0 Å². The lowest BCUT2D eigenvalue weighted by molar-refractivity contribution is -0.140. The molecule has 2 atom stereocenters. The number of aliphatic carboxylic acids is 1. The highest BCUT2D eigenvalue weighted by molar-refractivity contribution is 5.98. The first kappa shape index (κ1) is 17.7. The van der Waals surface area contributed by atoms with Crippen LogP contribution < -0.4 is 5.32 Å². The number of carboxylic acid groups (broad SMARTS) is 1. The van der Waals surface area contributed by atoms with Gasteiger partial charge in [-0.2, -0.15) is 0 Å². The molecule has 24 heavy (non-hydrogen) atoms. The van der Waals surface area contributed by atoms with Crippen LogP contribution in [0.4, 0.5) is 0 Å². The van der Waals surface area contributed by atoms with Gasteiger partial charge in [0.1, 0.15) is 11.9 Å². The highest BCUT2D eigenvalue weighted by atomic mass is 16.4. The molecule has 2 aromatic heterocycles. The van der Waals surface area contributed by atoms with Crippen molar-refractivity contribution < 1.29 is 14.7 Å². The van der Waals surface area contributed by atoms with Gasteiger partial charge >= 0.3 is 5.97 Å². The van der Waals surface area contributed by atoms with Gasteiger partial charge in [-0.05, 0) is 38.0 Å². The monoisotopic (exact) mass is 329 g/mol. The first-order valence-corrected chi connectivity index (χ1v) is 8.00. The van der Waals surface area contributed by atoms with Gasteiger partial charge < -0.3 is 15.0 Å². The van der Waals surface area contributed by atoms with E-state index < -0.39 is 12.0 Å². The van der Waals surface area contributed by atoms with Crippen molar-refractivity contribution >= 4 is 11.9 Å². The fourth-order valence-electron chi connectivity index (χ4n) is 2.73. The molecule has 0 unspecified atom stereocenters. The number of aromatic nitrogens is 2. The van der Waals surface area contributed by atoms with Gasteiger partial charge in [-0.3, -0.25) is 4.79 Å². The summed E-state index contributed by atoms with van der Waals surface area (Å²) < 4.78 is 1.88. The van der Waals surface area contributed by atoms with Crippen LogP contribution >= 0.6 is 0 Å². The maximum absolute atomic E-state index is 12.6. The summed E-state index contributed by atoms with van der Waals surface area (Å²) in [6.07, 6.45) is 2.36. The molecule has 0 radical (unpaired) electrons. The summed E-state index contributed by atoms with van der Waals surface area (Å²) >= 11 is 0. The zero-order valence-corrected chi connectivity index (χ0v) is 14.4. The molecule has 2 N–H and O–H groups in total. The van der Waals surface area contributed by atoms with Crippen molar-refractivity contribution in [3.8, 4) is 5.82 Å². The van der Waals surface area contributed by atoms with Crippen molar-refractivity contribution in [1.29, 1.82) is 0 Å². The number of amides is 1. The lowest BCUT2D eigenvalue weighted by Gasteiger charge is -2.20. The Bertz CT molecular complexity index is 737. The number of nitrogens with zero attached hydrogens (tertiary/aromatic N) is 2. The van der Waals surface area contributed by atoms with E-state index in [4.69, 9.17) is 0 Å². The molecule has 6 heteroatoms. The first-order valence-electron chi connectivity index (χ1n) is 8.00. The predicted octanol–water partition coefficient (Wildman–Crippen LogP) is 2.72. The Morgan fingerprint density at radius 2 is 2.04 bits per heavy atom. The molecule has 0 spiro atoms. The number of carbonyl (C=O) groups excluding carboxylic acids is 1. The number of nitrogens with one attached hydrogen (secondary N) is 1. The molecular weight excluding hydrogens is 306 g/mol. The van der Waals surface area contributed by atoms with Crippen molar-refractivity contribution in [1.82, 2.24) is 14.9 Å². The standard InChI is InChI=1S/C18H23N3O3/c1-5-11(2)16(18(23)24)20-17(22)14-10-12(3)21(13(14)4)15-8-6-7-9-19-15/h6-11,16H,5H2,1-4H3,(H,20,22)(H,23,24)/t11-,16-/m0/s1. The molecule has 0 aromatic carbocycles. The van der Waals surface area contributed by atoms with E-state index in [-0.39, 0.29) is 11.8 Å². The van der Waals surface area contributed by atoms with Crippen molar-refractivity contribution in [2.24, 2.45) is 5.92 Å². The molecule has 0 aliphatic rings. The Kier molecular flexibility index (Phi) is 5.39. The average Bonchev–Trinajstić information content (AvgIpc) is 2.87. The third-order valence-corrected chi connectivity index (χ3v) is 4.32. The molecule has 0 bridgehead atoms. The minimum atomic E-state index is -1.02. The molecule has 0 fully saturated rings. The lowest BCUT2D eigenvalue weighted by Crippen LogP contribution is -2.45. The summed E-state index contributed by atoms with van der Waals surface area (Å²) in [5, 5.41) is 12.0. The molecule has 2 rings (SSSR count). The van der Waals surface area contributed by atoms with E-state index in [1.54, 1.807) is 12.3 Å². The summed E-state index contributed by atoms with van der Waals surface area (Å²) in [6, 6.07) is 6.43. The number of hydrogen-bond acceptors (Lipinski definition) is 3. The minimum Gasteiger partial charge on any atom is -0.480 e.